The Kier molecular flexibility index (Phi) is 5.88. The van der Waals surface area contributed by atoms with E-state index >= 15 is 0 Å². The molecule has 0 spiro atoms. The molecule has 0 saturated heterocycles. The number of ether oxygens (including phenoxy) is 1. The van der Waals surface area contributed by atoms with Gasteiger partial charge in [-0.25, -0.2) is 0 Å². The van der Waals surface area contributed by atoms with Crippen molar-refractivity contribution in [3.05, 3.63) is 58.8 Å². The molecule has 0 unspecified atom stereocenters. The number of fused-ring (bicyclic) bond motifs is 1. The molecule has 1 heterocycles. The standard InChI is InChI=1S/C21H20O6/c22-13-6-2-5-12-17(23)26-15-10-7-11-16-18(15)19(24)20(25)21(27-16)14-8-3-1-4-9-14/h1,3-4,7-11,22,25H,2,5-6,12-13H2. The van der Waals surface area contributed by atoms with Gasteiger partial charge in [-0.3, -0.25) is 9.59 Å². The van der Waals surface area contributed by atoms with Gasteiger partial charge in [-0.2, -0.15) is 0 Å². The number of rotatable bonds is 7. The molecule has 140 valence electrons. The van der Waals surface area contributed by atoms with Crippen molar-refractivity contribution in [2.24, 2.45) is 0 Å². The highest BCUT2D eigenvalue weighted by molar-refractivity contribution is 5.89. The van der Waals surface area contributed by atoms with Crippen LogP contribution in [-0.2, 0) is 4.79 Å². The van der Waals surface area contributed by atoms with Gasteiger partial charge in [0.2, 0.25) is 11.2 Å². The molecule has 0 amide bonds. The monoisotopic (exact) mass is 368 g/mol. The van der Waals surface area contributed by atoms with Crippen LogP contribution in [0.25, 0.3) is 22.3 Å². The maximum atomic E-state index is 12.7. The quantitative estimate of drug-likeness (QED) is 0.376. The zero-order valence-electron chi connectivity index (χ0n) is 14.7. The molecule has 6 nitrogen and oxygen atoms in total. The van der Waals surface area contributed by atoms with Crippen LogP contribution in [0.5, 0.6) is 11.5 Å². The first-order chi connectivity index (χ1) is 13.1. The molecule has 0 atom stereocenters. The van der Waals surface area contributed by atoms with Crippen LogP contribution in [0.15, 0.2) is 57.7 Å². The molecule has 0 aliphatic heterocycles. The van der Waals surface area contributed by atoms with Crippen molar-refractivity contribution >= 4 is 16.9 Å². The second-order valence-electron chi connectivity index (χ2n) is 6.11. The van der Waals surface area contributed by atoms with Gasteiger partial charge in [0.05, 0.1) is 0 Å². The summed E-state index contributed by atoms with van der Waals surface area (Å²) in [5, 5.41) is 19.1. The Bertz CT molecular complexity index is 991. The van der Waals surface area contributed by atoms with Gasteiger partial charge < -0.3 is 19.4 Å². The number of unbranched alkanes of at least 4 members (excludes halogenated alkanes) is 2. The lowest BCUT2D eigenvalue weighted by Crippen LogP contribution is -2.11. The van der Waals surface area contributed by atoms with Gasteiger partial charge in [0.15, 0.2) is 5.76 Å². The zero-order valence-corrected chi connectivity index (χ0v) is 14.7. The van der Waals surface area contributed by atoms with E-state index in [0.717, 1.165) is 0 Å². The van der Waals surface area contributed by atoms with Gasteiger partial charge in [-0.1, -0.05) is 42.8 Å². The highest BCUT2D eigenvalue weighted by Crippen LogP contribution is 2.33. The Morgan fingerprint density at radius 1 is 1.00 bits per heavy atom. The lowest BCUT2D eigenvalue weighted by atomic mass is 10.1. The van der Waals surface area contributed by atoms with Gasteiger partial charge in [0.25, 0.3) is 0 Å². The van der Waals surface area contributed by atoms with Gasteiger partial charge in [-0.05, 0) is 25.0 Å². The molecule has 1 aromatic heterocycles. The lowest BCUT2D eigenvalue weighted by molar-refractivity contribution is -0.134. The number of carbonyl (C=O) groups excluding carboxylic acids is 1. The zero-order chi connectivity index (χ0) is 19.2. The van der Waals surface area contributed by atoms with Gasteiger partial charge in [0.1, 0.15) is 16.7 Å². The molecule has 6 heteroatoms. The number of aliphatic hydroxyl groups excluding tert-OH is 1. The molecule has 0 saturated carbocycles. The van der Waals surface area contributed by atoms with Gasteiger partial charge in [-0.15, -0.1) is 0 Å². The maximum Gasteiger partial charge on any atom is 0.311 e. The van der Waals surface area contributed by atoms with Crippen molar-refractivity contribution < 1.29 is 24.2 Å². The minimum absolute atomic E-state index is 0.0263. The third-order valence-electron chi connectivity index (χ3n) is 4.16. The van der Waals surface area contributed by atoms with E-state index < -0.39 is 17.1 Å². The van der Waals surface area contributed by atoms with E-state index in [-0.39, 0.29) is 35.5 Å². The normalized spacial score (nSPS) is 10.9. The largest absolute Gasteiger partial charge is 0.502 e. The van der Waals surface area contributed by atoms with Crippen LogP contribution in [0.2, 0.25) is 0 Å². The topological polar surface area (TPSA) is 97.0 Å². The second kappa shape index (κ2) is 8.51. The number of benzene rings is 2. The molecule has 0 aliphatic carbocycles. The summed E-state index contributed by atoms with van der Waals surface area (Å²) in [5.41, 5.74) is 0.140. The number of esters is 1. The number of aromatic hydroxyl groups is 1. The van der Waals surface area contributed by atoms with E-state index in [2.05, 4.69) is 0 Å². The molecular weight excluding hydrogens is 348 g/mol. The van der Waals surface area contributed by atoms with Crippen molar-refractivity contribution in [3.8, 4) is 22.8 Å². The van der Waals surface area contributed by atoms with E-state index in [1.54, 1.807) is 36.4 Å². The first-order valence-corrected chi connectivity index (χ1v) is 8.77. The molecule has 0 aliphatic rings. The Hall–Kier alpha value is -3.12. The number of hydrogen-bond donors (Lipinski definition) is 2. The molecule has 2 N–H and O–H groups in total. The molecule has 3 aromatic rings. The number of carbonyl (C=O) groups is 1. The Morgan fingerprint density at radius 3 is 2.52 bits per heavy atom. The molecule has 0 fully saturated rings. The fourth-order valence-corrected chi connectivity index (χ4v) is 2.80. The van der Waals surface area contributed by atoms with Gasteiger partial charge in [0, 0.05) is 18.6 Å². The molecular formula is C21H20O6. The Balaban J connectivity index is 1.94. The SMILES string of the molecule is O=C(CCCCCO)Oc1cccc2oc(-c3ccccc3)c(O)c(=O)c12. The summed E-state index contributed by atoms with van der Waals surface area (Å²) in [6, 6.07) is 13.5. The summed E-state index contributed by atoms with van der Waals surface area (Å²) in [6.07, 6.45) is 2.10. The third kappa shape index (κ3) is 4.17. The lowest BCUT2D eigenvalue weighted by Gasteiger charge is -2.09. The second-order valence-corrected chi connectivity index (χ2v) is 6.11. The summed E-state index contributed by atoms with van der Waals surface area (Å²) in [7, 11) is 0. The molecule has 0 radical (unpaired) electrons. The highest BCUT2D eigenvalue weighted by atomic mass is 16.5. The van der Waals surface area contributed by atoms with Crippen molar-refractivity contribution in [1.29, 1.82) is 0 Å². The van der Waals surface area contributed by atoms with Crippen LogP contribution < -0.4 is 10.2 Å². The van der Waals surface area contributed by atoms with Gasteiger partial charge >= 0.3 is 5.97 Å². The fraction of sp³-hybridized carbons (Fsp3) is 0.238. The van der Waals surface area contributed by atoms with Crippen molar-refractivity contribution in [2.75, 3.05) is 6.61 Å². The van der Waals surface area contributed by atoms with E-state index in [4.69, 9.17) is 14.3 Å². The summed E-state index contributed by atoms with van der Waals surface area (Å²) in [4.78, 5) is 24.7. The third-order valence-corrected chi connectivity index (χ3v) is 4.16. The highest BCUT2D eigenvalue weighted by Gasteiger charge is 2.19. The molecule has 27 heavy (non-hydrogen) atoms. The smallest absolute Gasteiger partial charge is 0.311 e. The van der Waals surface area contributed by atoms with Crippen molar-refractivity contribution in [2.45, 2.75) is 25.7 Å². The van der Waals surface area contributed by atoms with Crippen molar-refractivity contribution in [1.82, 2.24) is 0 Å². The van der Waals surface area contributed by atoms with Crippen LogP contribution in [0.4, 0.5) is 0 Å². The predicted molar refractivity (Wildman–Crippen MR) is 101 cm³/mol. The summed E-state index contributed by atoms with van der Waals surface area (Å²) in [6.45, 7) is 0.0858. The predicted octanol–water partition coefficient (Wildman–Crippen LogP) is 3.62. The summed E-state index contributed by atoms with van der Waals surface area (Å²) < 4.78 is 11.0. The first-order valence-electron chi connectivity index (χ1n) is 8.77. The van der Waals surface area contributed by atoms with E-state index in [0.29, 0.717) is 24.8 Å². The van der Waals surface area contributed by atoms with Crippen LogP contribution in [0, 0.1) is 0 Å². The van der Waals surface area contributed by atoms with E-state index in [1.807, 2.05) is 6.07 Å². The minimum Gasteiger partial charge on any atom is -0.502 e. The maximum absolute atomic E-state index is 12.7. The molecule has 3 rings (SSSR count). The van der Waals surface area contributed by atoms with Crippen LogP contribution in [-0.4, -0.2) is 22.8 Å². The summed E-state index contributed by atoms with van der Waals surface area (Å²) >= 11 is 0. The van der Waals surface area contributed by atoms with Crippen LogP contribution in [0.3, 0.4) is 0 Å². The average molecular weight is 368 g/mol. The Labute approximate surface area is 155 Å². The molecule has 0 bridgehead atoms. The number of aliphatic hydroxyl groups is 1. The fourth-order valence-electron chi connectivity index (χ4n) is 2.80. The average Bonchev–Trinajstić information content (AvgIpc) is 2.68. The van der Waals surface area contributed by atoms with E-state index in [1.165, 1.54) is 6.07 Å². The van der Waals surface area contributed by atoms with Crippen LogP contribution in [0.1, 0.15) is 25.7 Å². The number of hydrogen-bond acceptors (Lipinski definition) is 6. The Morgan fingerprint density at radius 2 is 1.78 bits per heavy atom. The first kappa shape index (κ1) is 18.7. The van der Waals surface area contributed by atoms with E-state index in [9.17, 15) is 14.7 Å². The van der Waals surface area contributed by atoms with Crippen LogP contribution >= 0.6 is 0 Å². The molecule has 2 aromatic carbocycles. The van der Waals surface area contributed by atoms with Crippen molar-refractivity contribution in [3.63, 3.8) is 0 Å². The minimum atomic E-state index is -0.654. The summed E-state index contributed by atoms with van der Waals surface area (Å²) in [5.74, 6) is -0.879.